The summed E-state index contributed by atoms with van der Waals surface area (Å²) in [6.45, 7) is 1.89. The van der Waals surface area contributed by atoms with Crippen molar-refractivity contribution in [2.24, 2.45) is 18.5 Å². The fourth-order valence-corrected chi connectivity index (χ4v) is 1.18. The molecule has 5 nitrogen and oxygen atoms in total. The number of carbonyl (C=O) groups is 1. The van der Waals surface area contributed by atoms with E-state index in [0.29, 0.717) is 6.42 Å². The molecule has 1 aromatic rings. The normalized spacial score (nSPS) is 12.8. The summed E-state index contributed by atoms with van der Waals surface area (Å²) in [5.74, 6) is -0.487. The highest BCUT2D eigenvalue weighted by Gasteiger charge is 2.12. The molecule has 13 heavy (non-hydrogen) atoms. The van der Waals surface area contributed by atoms with Crippen LogP contribution in [0.15, 0.2) is 6.07 Å². The zero-order valence-electron chi connectivity index (χ0n) is 7.82. The topological polar surface area (TPSA) is 86.9 Å². The summed E-state index contributed by atoms with van der Waals surface area (Å²) in [6.07, 6.45) is 0.437. The maximum atomic E-state index is 10.7. The van der Waals surface area contributed by atoms with E-state index >= 15 is 0 Å². The lowest BCUT2D eigenvalue weighted by Gasteiger charge is -2.06. The van der Waals surface area contributed by atoms with E-state index in [1.165, 1.54) is 0 Å². The highest BCUT2D eigenvalue weighted by atomic mass is 16.1. The molecule has 5 heteroatoms. The summed E-state index contributed by atoms with van der Waals surface area (Å²) in [5, 5.41) is 4.13. The third-order valence-corrected chi connectivity index (χ3v) is 1.89. The highest BCUT2D eigenvalue weighted by molar-refractivity contribution is 5.79. The molecule has 0 radical (unpaired) electrons. The van der Waals surface area contributed by atoms with Crippen LogP contribution in [0.2, 0.25) is 0 Å². The minimum atomic E-state index is -0.630. The first-order valence-electron chi connectivity index (χ1n) is 4.05. The SMILES string of the molecule is Cc1cc(CC(N)C(N)=O)n(C)n1. The Labute approximate surface area is 76.7 Å². The number of hydrogen-bond donors (Lipinski definition) is 2. The van der Waals surface area contributed by atoms with Crippen LogP contribution in [-0.4, -0.2) is 21.7 Å². The average Bonchev–Trinajstić information content (AvgIpc) is 2.30. The van der Waals surface area contributed by atoms with Crippen LogP contribution >= 0.6 is 0 Å². The summed E-state index contributed by atoms with van der Waals surface area (Å²) in [6, 6.07) is 1.26. The van der Waals surface area contributed by atoms with Crippen molar-refractivity contribution in [1.29, 1.82) is 0 Å². The first-order chi connectivity index (χ1) is 6.00. The van der Waals surface area contributed by atoms with E-state index < -0.39 is 11.9 Å². The van der Waals surface area contributed by atoms with E-state index in [4.69, 9.17) is 11.5 Å². The maximum absolute atomic E-state index is 10.7. The van der Waals surface area contributed by atoms with Crippen LogP contribution in [0, 0.1) is 6.92 Å². The molecular formula is C8H14N4O. The first-order valence-corrected chi connectivity index (χ1v) is 4.05. The second-order valence-electron chi connectivity index (χ2n) is 3.11. The van der Waals surface area contributed by atoms with E-state index in [9.17, 15) is 4.79 Å². The van der Waals surface area contributed by atoms with Gasteiger partial charge in [-0.25, -0.2) is 0 Å². The van der Waals surface area contributed by atoms with Crippen molar-refractivity contribution < 1.29 is 4.79 Å². The summed E-state index contributed by atoms with van der Waals surface area (Å²) < 4.78 is 1.71. The van der Waals surface area contributed by atoms with E-state index in [1.807, 2.05) is 20.0 Å². The molecule has 0 bridgehead atoms. The molecule has 0 saturated carbocycles. The number of aromatic nitrogens is 2. The Kier molecular flexibility index (Phi) is 2.67. The molecule has 1 unspecified atom stereocenters. The van der Waals surface area contributed by atoms with Gasteiger partial charge in [0.1, 0.15) is 0 Å². The van der Waals surface area contributed by atoms with Gasteiger partial charge in [0.05, 0.1) is 11.7 Å². The van der Waals surface area contributed by atoms with Gasteiger partial charge >= 0.3 is 0 Å². The van der Waals surface area contributed by atoms with Crippen LogP contribution < -0.4 is 11.5 Å². The zero-order valence-corrected chi connectivity index (χ0v) is 7.82. The minimum absolute atomic E-state index is 0.437. The number of rotatable bonds is 3. The van der Waals surface area contributed by atoms with Crippen LogP contribution in [0.1, 0.15) is 11.4 Å². The largest absolute Gasteiger partial charge is 0.368 e. The molecule has 1 heterocycles. The lowest BCUT2D eigenvalue weighted by atomic mass is 10.1. The van der Waals surface area contributed by atoms with Gasteiger partial charge in [0, 0.05) is 19.2 Å². The number of nitrogens with zero attached hydrogens (tertiary/aromatic N) is 2. The van der Waals surface area contributed by atoms with E-state index in [2.05, 4.69) is 5.10 Å². The van der Waals surface area contributed by atoms with Gasteiger partial charge in [-0.15, -0.1) is 0 Å². The van der Waals surface area contributed by atoms with Gasteiger partial charge in [-0.05, 0) is 13.0 Å². The lowest BCUT2D eigenvalue weighted by Crippen LogP contribution is -2.38. The molecule has 1 amide bonds. The number of carbonyl (C=O) groups excluding carboxylic acids is 1. The molecule has 1 rings (SSSR count). The monoisotopic (exact) mass is 182 g/mol. The Balaban J connectivity index is 2.74. The van der Waals surface area contributed by atoms with Gasteiger partial charge in [0.2, 0.25) is 5.91 Å². The maximum Gasteiger partial charge on any atom is 0.234 e. The first kappa shape index (κ1) is 9.73. The van der Waals surface area contributed by atoms with Crippen LogP contribution in [-0.2, 0) is 18.3 Å². The molecule has 0 saturated heterocycles. The third kappa shape index (κ3) is 2.29. The predicted molar refractivity (Wildman–Crippen MR) is 48.8 cm³/mol. The van der Waals surface area contributed by atoms with Crippen LogP contribution in [0.3, 0.4) is 0 Å². The molecule has 0 aliphatic rings. The van der Waals surface area contributed by atoms with E-state index in [-0.39, 0.29) is 0 Å². The lowest BCUT2D eigenvalue weighted by molar-refractivity contribution is -0.119. The molecule has 1 aromatic heterocycles. The van der Waals surface area contributed by atoms with Gasteiger partial charge in [-0.3, -0.25) is 9.48 Å². The third-order valence-electron chi connectivity index (χ3n) is 1.89. The fraction of sp³-hybridized carbons (Fsp3) is 0.500. The van der Waals surface area contributed by atoms with E-state index in [0.717, 1.165) is 11.4 Å². The molecule has 0 spiro atoms. The van der Waals surface area contributed by atoms with Crippen molar-refractivity contribution in [3.05, 3.63) is 17.5 Å². The smallest absolute Gasteiger partial charge is 0.234 e. The molecule has 0 aliphatic carbocycles. The number of primary amides is 1. The molecule has 1 atom stereocenters. The average molecular weight is 182 g/mol. The van der Waals surface area contributed by atoms with Crippen LogP contribution in [0.4, 0.5) is 0 Å². The number of nitrogens with two attached hydrogens (primary N) is 2. The van der Waals surface area contributed by atoms with Crippen molar-refractivity contribution in [2.75, 3.05) is 0 Å². The summed E-state index contributed by atoms with van der Waals surface area (Å²) in [5.41, 5.74) is 12.4. The van der Waals surface area contributed by atoms with Gasteiger partial charge in [-0.2, -0.15) is 5.10 Å². The second kappa shape index (κ2) is 3.57. The Bertz CT molecular complexity index is 318. The molecule has 72 valence electrons. The summed E-state index contributed by atoms with van der Waals surface area (Å²) in [7, 11) is 1.82. The van der Waals surface area contributed by atoms with Crippen molar-refractivity contribution in [3.8, 4) is 0 Å². The van der Waals surface area contributed by atoms with Crippen molar-refractivity contribution in [3.63, 3.8) is 0 Å². The highest BCUT2D eigenvalue weighted by Crippen LogP contribution is 2.03. The Morgan fingerprint density at radius 3 is 2.77 bits per heavy atom. The minimum Gasteiger partial charge on any atom is -0.368 e. The van der Waals surface area contributed by atoms with Gasteiger partial charge in [0.15, 0.2) is 0 Å². The molecule has 0 fully saturated rings. The van der Waals surface area contributed by atoms with Crippen LogP contribution in [0.5, 0.6) is 0 Å². The zero-order chi connectivity index (χ0) is 10.0. The predicted octanol–water partition coefficient (Wildman–Crippen LogP) is -0.916. The Morgan fingerprint density at radius 1 is 1.77 bits per heavy atom. The quantitative estimate of drug-likeness (QED) is 0.634. The van der Waals surface area contributed by atoms with Gasteiger partial charge < -0.3 is 11.5 Å². The molecule has 4 N–H and O–H groups in total. The Morgan fingerprint density at radius 2 is 2.38 bits per heavy atom. The number of amides is 1. The van der Waals surface area contributed by atoms with Crippen molar-refractivity contribution >= 4 is 5.91 Å². The molecule has 0 aliphatic heterocycles. The standard InChI is InChI=1S/C8H14N4O/c1-5-3-6(12(2)11-5)4-7(9)8(10)13/h3,7H,4,9H2,1-2H3,(H2,10,13). The van der Waals surface area contributed by atoms with Gasteiger partial charge in [-0.1, -0.05) is 0 Å². The summed E-state index contributed by atoms with van der Waals surface area (Å²) >= 11 is 0. The van der Waals surface area contributed by atoms with E-state index in [1.54, 1.807) is 4.68 Å². The molecular weight excluding hydrogens is 168 g/mol. The number of aryl methyl sites for hydroxylation is 2. The van der Waals surface area contributed by atoms with Crippen molar-refractivity contribution in [1.82, 2.24) is 9.78 Å². The number of hydrogen-bond acceptors (Lipinski definition) is 3. The Hall–Kier alpha value is -1.36. The second-order valence-corrected chi connectivity index (χ2v) is 3.11. The van der Waals surface area contributed by atoms with Crippen molar-refractivity contribution in [2.45, 2.75) is 19.4 Å². The molecule has 0 aromatic carbocycles. The fourth-order valence-electron chi connectivity index (χ4n) is 1.18. The van der Waals surface area contributed by atoms with Gasteiger partial charge in [0.25, 0.3) is 0 Å². The summed E-state index contributed by atoms with van der Waals surface area (Å²) in [4.78, 5) is 10.7. The van der Waals surface area contributed by atoms with Crippen LogP contribution in [0.25, 0.3) is 0 Å².